The lowest BCUT2D eigenvalue weighted by atomic mass is 10.0. The quantitative estimate of drug-likeness (QED) is 0.593. The van der Waals surface area contributed by atoms with Gasteiger partial charge in [0.15, 0.2) is 0 Å². The molecule has 0 fully saturated rings. The van der Waals surface area contributed by atoms with Crippen molar-refractivity contribution in [2.24, 2.45) is 5.92 Å². The van der Waals surface area contributed by atoms with Crippen LogP contribution >= 0.6 is 0 Å². The van der Waals surface area contributed by atoms with Gasteiger partial charge in [0.25, 0.3) is 0 Å². The van der Waals surface area contributed by atoms with Crippen LogP contribution in [0.5, 0.6) is 0 Å². The van der Waals surface area contributed by atoms with Crippen LogP contribution in [0.2, 0.25) is 0 Å². The van der Waals surface area contributed by atoms with Gasteiger partial charge in [0.1, 0.15) is 0 Å². The van der Waals surface area contributed by atoms with Gasteiger partial charge in [-0.1, -0.05) is 38.8 Å². The molecule has 0 aliphatic carbocycles. The van der Waals surface area contributed by atoms with Gasteiger partial charge in [0.05, 0.1) is 0 Å². The Labute approximate surface area is 82.9 Å². The first-order chi connectivity index (χ1) is 6.31. The highest BCUT2D eigenvalue weighted by Crippen LogP contribution is 2.12. The van der Waals surface area contributed by atoms with E-state index in [0.29, 0.717) is 0 Å². The molecule has 0 rings (SSSR count). The summed E-state index contributed by atoms with van der Waals surface area (Å²) in [6.07, 6.45) is 13.5. The number of hydrogen-bond acceptors (Lipinski definition) is 1. The SMILES string of the molecule is CCCC(C)CC/C=C\C=C/NC. The fraction of sp³-hybridized carbons (Fsp3) is 0.667. The average molecular weight is 181 g/mol. The Morgan fingerprint density at radius 1 is 1.23 bits per heavy atom. The van der Waals surface area contributed by atoms with Gasteiger partial charge in [0.2, 0.25) is 0 Å². The molecule has 0 spiro atoms. The fourth-order valence-electron chi connectivity index (χ4n) is 1.34. The van der Waals surface area contributed by atoms with Crippen molar-refractivity contribution in [3.63, 3.8) is 0 Å². The van der Waals surface area contributed by atoms with Crippen LogP contribution in [-0.2, 0) is 0 Å². The van der Waals surface area contributed by atoms with E-state index in [0.717, 1.165) is 5.92 Å². The van der Waals surface area contributed by atoms with Crippen molar-refractivity contribution in [3.05, 3.63) is 24.4 Å². The van der Waals surface area contributed by atoms with Gasteiger partial charge in [-0.3, -0.25) is 0 Å². The predicted octanol–water partition coefficient (Wildman–Crippen LogP) is 3.49. The van der Waals surface area contributed by atoms with Crippen molar-refractivity contribution in [2.45, 2.75) is 39.5 Å². The zero-order valence-corrected chi connectivity index (χ0v) is 9.22. The summed E-state index contributed by atoms with van der Waals surface area (Å²) in [6.45, 7) is 4.59. The van der Waals surface area contributed by atoms with Crippen molar-refractivity contribution in [1.82, 2.24) is 5.32 Å². The molecule has 0 aromatic rings. The number of rotatable bonds is 7. The summed E-state index contributed by atoms with van der Waals surface area (Å²) >= 11 is 0. The van der Waals surface area contributed by atoms with Crippen LogP contribution in [0.3, 0.4) is 0 Å². The highest BCUT2D eigenvalue weighted by Gasteiger charge is 1.97. The monoisotopic (exact) mass is 181 g/mol. The van der Waals surface area contributed by atoms with E-state index in [-0.39, 0.29) is 0 Å². The van der Waals surface area contributed by atoms with Gasteiger partial charge < -0.3 is 5.32 Å². The fourth-order valence-corrected chi connectivity index (χ4v) is 1.34. The van der Waals surface area contributed by atoms with E-state index in [2.05, 4.69) is 31.3 Å². The van der Waals surface area contributed by atoms with Gasteiger partial charge >= 0.3 is 0 Å². The lowest BCUT2D eigenvalue weighted by molar-refractivity contribution is 0.491. The standard InChI is InChI=1S/C12H23N/c1-4-9-12(2)10-7-5-6-8-11-13-3/h5-6,8,11-13H,4,7,9-10H2,1-3H3/b6-5-,11-8-. The molecule has 0 saturated carbocycles. The molecule has 0 aromatic heterocycles. The third kappa shape index (κ3) is 9.19. The third-order valence-corrected chi connectivity index (χ3v) is 2.12. The van der Waals surface area contributed by atoms with Crippen LogP contribution in [-0.4, -0.2) is 7.05 Å². The molecule has 1 atom stereocenters. The Bertz CT molecular complexity index is 147. The number of hydrogen-bond donors (Lipinski definition) is 1. The van der Waals surface area contributed by atoms with Crippen LogP contribution in [0.4, 0.5) is 0 Å². The second-order valence-corrected chi connectivity index (χ2v) is 3.55. The summed E-state index contributed by atoms with van der Waals surface area (Å²) in [5.74, 6) is 0.878. The summed E-state index contributed by atoms with van der Waals surface area (Å²) < 4.78 is 0. The average Bonchev–Trinajstić information content (AvgIpc) is 2.11. The van der Waals surface area contributed by atoms with E-state index < -0.39 is 0 Å². The van der Waals surface area contributed by atoms with E-state index in [1.807, 2.05) is 19.3 Å². The van der Waals surface area contributed by atoms with Gasteiger partial charge in [-0.15, -0.1) is 0 Å². The molecule has 0 radical (unpaired) electrons. The minimum Gasteiger partial charge on any atom is -0.394 e. The summed E-state index contributed by atoms with van der Waals surface area (Å²) in [6, 6.07) is 0. The minimum absolute atomic E-state index is 0.878. The van der Waals surface area contributed by atoms with Crippen LogP contribution < -0.4 is 5.32 Å². The number of nitrogens with one attached hydrogen (secondary N) is 1. The summed E-state index contributed by atoms with van der Waals surface area (Å²) in [4.78, 5) is 0. The molecule has 0 amide bonds. The number of allylic oxidation sites excluding steroid dienone is 3. The smallest absolute Gasteiger partial charge is 0.00277 e. The van der Waals surface area contributed by atoms with Crippen LogP contribution in [0, 0.1) is 5.92 Å². The molecule has 0 aromatic carbocycles. The molecule has 76 valence electrons. The zero-order chi connectivity index (χ0) is 9.94. The summed E-state index contributed by atoms with van der Waals surface area (Å²) in [7, 11) is 1.91. The Balaban J connectivity index is 3.33. The normalized spacial score (nSPS) is 14.1. The largest absolute Gasteiger partial charge is 0.394 e. The molecule has 0 bridgehead atoms. The molecule has 1 heteroatoms. The molecular formula is C12H23N. The molecule has 13 heavy (non-hydrogen) atoms. The molecule has 1 nitrogen and oxygen atoms in total. The molecule has 1 unspecified atom stereocenters. The lowest BCUT2D eigenvalue weighted by Gasteiger charge is -2.06. The van der Waals surface area contributed by atoms with Crippen LogP contribution in [0.25, 0.3) is 0 Å². The topological polar surface area (TPSA) is 12.0 Å². The van der Waals surface area contributed by atoms with Crippen molar-refractivity contribution in [3.8, 4) is 0 Å². The first kappa shape index (κ1) is 12.3. The Morgan fingerprint density at radius 2 is 2.00 bits per heavy atom. The summed E-state index contributed by atoms with van der Waals surface area (Å²) in [5.41, 5.74) is 0. The van der Waals surface area contributed by atoms with Crippen molar-refractivity contribution in [2.75, 3.05) is 7.05 Å². The van der Waals surface area contributed by atoms with E-state index in [1.165, 1.54) is 25.7 Å². The highest BCUT2D eigenvalue weighted by molar-refractivity contribution is 5.01. The Hall–Kier alpha value is -0.720. The van der Waals surface area contributed by atoms with E-state index in [9.17, 15) is 0 Å². The van der Waals surface area contributed by atoms with Gasteiger partial charge in [-0.05, 0) is 31.0 Å². The van der Waals surface area contributed by atoms with E-state index in [1.54, 1.807) is 0 Å². The maximum atomic E-state index is 2.96. The molecule has 0 heterocycles. The lowest BCUT2D eigenvalue weighted by Crippen LogP contribution is -1.92. The molecule has 0 aliphatic rings. The zero-order valence-electron chi connectivity index (χ0n) is 9.22. The first-order valence-electron chi connectivity index (χ1n) is 5.30. The van der Waals surface area contributed by atoms with E-state index in [4.69, 9.17) is 0 Å². The van der Waals surface area contributed by atoms with Crippen molar-refractivity contribution >= 4 is 0 Å². The minimum atomic E-state index is 0.878. The second kappa shape index (κ2) is 9.37. The maximum absolute atomic E-state index is 2.96. The Morgan fingerprint density at radius 3 is 2.62 bits per heavy atom. The molecule has 0 saturated heterocycles. The summed E-state index contributed by atoms with van der Waals surface area (Å²) in [5, 5.41) is 2.96. The third-order valence-electron chi connectivity index (χ3n) is 2.12. The molecule has 1 N–H and O–H groups in total. The predicted molar refractivity (Wildman–Crippen MR) is 60.6 cm³/mol. The van der Waals surface area contributed by atoms with E-state index >= 15 is 0 Å². The molecule has 0 aliphatic heterocycles. The highest BCUT2D eigenvalue weighted by atomic mass is 14.8. The maximum Gasteiger partial charge on any atom is 0.00277 e. The first-order valence-corrected chi connectivity index (χ1v) is 5.30. The van der Waals surface area contributed by atoms with Crippen LogP contribution in [0.15, 0.2) is 24.4 Å². The van der Waals surface area contributed by atoms with Gasteiger partial charge in [0, 0.05) is 7.05 Å². The van der Waals surface area contributed by atoms with Crippen molar-refractivity contribution < 1.29 is 0 Å². The van der Waals surface area contributed by atoms with Gasteiger partial charge in [-0.25, -0.2) is 0 Å². The molecular weight excluding hydrogens is 158 g/mol. The van der Waals surface area contributed by atoms with Crippen LogP contribution in [0.1, 0.15) is 39.5 Å². The Kier molecular flexibility index (Phi) is 8.85. The second-order valence-electron chi connectivity index (χ2n) is 3.55. The van der Waals surface area contributed by atoms with Gasteiger partial charge in [-0.2, -0.15) is 0 Å². The van der Waals surface area contributed by atoms with Crippen molar-refractivity contribution in [1.29, 1.82) is 0 Å².